The van der Waals surface area contributed by atoms with Gasteiger partial charge in [-0.3, -0.25) is 9.97 Å². The van der Waals surface area contributed by atoms with E-state index in [9.17, 15) is 0 Å². The lowest BCUT2D eigenvalue weighted by Crippen LogP contribution is -2.50. The van der Waals surface area contributed by atoms with E-state index in [0.29, 0.717) is 5.41 Å². The van der Waals surface area contributed by atoms with Gasteiger partial charge in [-0.25, -0.2) is 0 Å². The van der Waals surface area contributed by atoms with Crippen LogP contribution in [0.2, 0.25) is 0 Å². The maximum absolute atomic E-state index is 4.44. The SMILES string of the molecule is Cc1cnc(CNCC23CC4CC(CC(C4)C2)C3)cn1. The average molecular weight is 271 g/mol. The number of nitrogens with zero attached hydrogens (tertiary/aromatic N) is 2. The summed E-state index contributed by atoms with van der Waals surface area (Å²) in [5.41, 5.74) is 2.68. The van der Waals surface area contributed by atoms with Gasteiger partial charge in [0.2, 0.25) is 0 Å². The summed E-state index contributed by atoms with van der Waals surface area (Å²) >= 11 is 0. The minimum Gasteiger partial charge on any atom is -0.311 e. The van der Waals surface area contributed by atoms with Crippen molar-refractivity contribution in [1.29, 1.82) is 0 Å². The molecule has 0 spiro atoms. The number of aryl methyl sites for hydroxylation is 1. The highest BCUT2D eigenvalue weighted by Gasteiger charge is 2.50. The van der Waals surface area contributed by atoms with Crippen molar-refractivity contribution in [2.24, 2.45) is 23.2 Å². The standard InChI is InChI=1S/C17H25N3/c1-12-8-20-16(10-19-12)9-18-11-17-5-13-2-14(6-17)4-15(3-13)7-17/h8,10,13-15,18H,2-7,9,11H2,1H3. The topological polar surface area (TPSA) is 37.8 Å². The van der Waals surface area contributed by atoms with Crippen molar-refractivity contribution < 1.29 is 0 Å². The zero-order valence-electron chi connectivity index (χ0n) is 12.4. The molecule has 4 aliphatic carbocycles. The summed E-state index contributed by atoms with van der Waals surface area (Å²) in [4.78, 5) is 8.76. The lowest BCUT2D eigenvalue weighted by atomic mass is 9.49. The molecule has 1 aromatic rings. The molecule has 5 rings (SSSR count). The van der Waals surface area contributed by atoms with E-state index in [-0.39, 0.29) is 0 Å². The minimum atomic E-state index is 0.618. The van der Waals surface area contributed by atoms with E-state index in [1.165, 1.54) is 45.1 Å². The largest absolute Gasteiger partial charge is 0.311 e. The Bertz CT molecular complexity index is 444. The molecular weight excluding hydrogens is 246 g/mol. The predicted molar refractivity (Wildman–Crippen MR) is 79.1 cm³/mol. The molecule has 3 nitrogen and oxygen atoms in total. The Morgan fingerprint density at radius 3 is 2.25 bits per heavy atom. The van der Waals surface area contributed by atoms with Gasteiger partial charge < -0.3 is 5.32 Å². The van der Waals surface area contributed by atoms with E-state index in [1.54, 1.807) is 0 Å². The first-order valence-electron chi connectivity index (χ1n) is 8.19. The van der Waals surface area contributed by atoms with E-state index < -0.39 is 0 Å². The second kappa shape index (κ2) is 4.80. The minimum absolute atomic E-state index is 0.618. The van der Waals surface area contributed by atoms with Crippen molar-refractivity contribution in [3.8, 4) is 0 Å². The van der Waals surface area contributed by atoms with Crippen molar-refractivity contribution >= 4 is 0 Å². The molecule has 4 saturated carbocycles. The molecule has 4 bridgehead atoms. The van der Waals surface area contributed by atoms with E-state index in [4.69, 9.17) is 0 Å². The number of aromatic nitrogens is 2. The van der Waals surface area contributed by atoms with Gasteiger partial charge in [0.15, 0.2) is 0 Å². The third kappa shape index (κ3) is 2.37. The maximum Gasteiger partial charge on any atom is 0.0724 e. The van der Waals surface area contributed by atoms with E-state index in [1.807, 2.05) is 19.3 Å². The maximum atomic E-state index is 4.44. The van der Waals surface area contributed by atoms with Gasteiger partial charge in [-0.05, 0) is 68.6 Å². The zero-order chi connectivity index (χ0) is 13.6. The van der Waals surface area contributed by atoms with Crippen LogP contribution in [0.5, 0.6) is 0 Å². The van der Waals surface area contributed by atoms with E-state index in [2.05, 4.69) is 15.3 Å². The molecular formula is C17H25N3. The monoisotopic (exact) mass is 271 g/mol. The van der Waals surface area contributed by atoms with Crippen LogP contribution in [0.15, 0.2) is 12.4 Å². The molecule has 1 N–H and O–H groups in total. The van der Waals surface area contributed by atoms with Crippen molar-refractivity contribution in [1.82, 2.24) is 15.3 Å². The second-order valence-electron chi connectivity index (χ2n) is 7.67. The highest BCUT2D eigenvalue weighted by molar-refractivity contribution is 5.04. The number of rotatable bonds is 4. The smallest absolute Gasteiger partial charge is 0.0724 e. The summed E-state index contributed by atoms with van der Waals surface area (Å²) in [6, 6.07) is 0. The van der Waals surface area contributed by atoms with Crippen LogP contribution in [0.1, 0.15) is 49.9 Å². The van der Waals surface area contributed by atoms with Crippen LogP contribution in [0.3, 0.4) is 0 Å². The van der Waals surface area contributed by atoms with Gasteiger partial charge in [0, 0.05) is 25.5 Å². The Labute approximate surface area is 121 Å². The lowest BCUT2D eigenvalue weighted by Gasteiger charge is -2.57. The highest BCUT2D eigenvalue weighted by Crippen LogP contribution is 2.59. The molecule has 1 aromatic heterocycles. The Balaban J connectivity index is 1.36. The summed E-state index contributed by atoms with van der Waals surface area (Å²) in [6.07, 6.45) is 12.8. The average Bonchev–Trinajstić information content (AvgIpc) is 2.39. The fraction of sp³-hybridized carbons (Fsp3) is 0.765. The zero-order valence-corrected chi connectivity index (χ0v) is 12.4. The van der Waals surface area contributed by atoms with Crippen molar-refractivity contribution in [3.63, 3.8) is 0 Å². The molecule has 0 atom stereocenters. The van der Waals surface area contributed by atoms with Crippen LogP contribution in [-0.2, 0) is 6.54 Å². The summed E-state index contributed by atoms with van der Waals surface area (Å²) < 4.78 is 0. The van der Waals surface area contributed by atoms with Crippen molar-refractivity contribution in [3.05, 3.63) is 23.8 Å². The Kier molecular flexibility index (Phi) is 3.06. The Morgan fingerprint density at radius 1 is 1.05 bits per heavy atom. The van der Waals surface area contributed by atoms with Crippen LogP contribution in [0, 0.1) is 30.1 Å². The van der Waals surface area contributed by atoms with Gasteiger partial charge >= 0.3 is 0 Å². The van der Waals surface area contributed by atoms with Crippen LogP contribution in [0.4, 0.5) is 0 Å². The Hall–Kier alpha value is -0.960. The van der Waals surface area contributed by atoms with Crippen molar-refractivity contribution in [2.45, 2.75) is 52.0 Å². The lowest BCUT2D eigenvalue weighted by molar-refractivity contribution is -0.0514. The molecule has 20 heavy (non-hydrogen) atoms. The molecule has 4 aliphatic rings. The first kappa shape index (κ1) is 12.8. The van der Waals surface area contributed by atoms with Gasteiger partial charge in [0.25, 0.3) is 0 Å². The summed E-state index contributed by atoms with van der Waals surface area (Å²) in [7, 11) is 0. The van der Waals surface area contributed by atoms with Crippen LogP contribution < -0.4 is 5.32 Å². The van der Waals surface area contributed by atoms with Gasteiger partial charge in [-0.2, -0.15) is 0 Å². The number of hydrogen-bond donors (Lipinski definition) is 1. The molecule has 4 fully saturated rings. The number of nitrogens with one attached hydrogen (secondary N) is 1. The fourth-order valence-electron chi connectivity index (χ4n) is 5.47. The predicted octanol–water partition coefficient (Wildman–Crippen LogP) is 3.09. The Morgan fingerprint density at radius 2 is 1.70 bits per heavy atom. The third-order valence-electron chi connectivity index (χ3n) is 5.81. The number of hydrogen-bond acceptors (Lipinski definition) is 3. The van der Waals surface area contributed by atoms with Crippen LogP contribution in [-0.4, -0.2) is 16.5 Å². The second-order valence-corrected chi connectivity index (χ2v) is 7.67. The summed E-state index contributed by atoms with van der Waals surface area (Å²) in [5.74, 6) is 3.13. The van der Waals surface area contributed by atoms with E-state index in [0.717, 1.165) is 35.7 Å². The molecule has 0 amide bonds. The molecule has 3 heteroatoms. The van der Waals surface area contributed by atoms with Crippen LogP contribution in [0.25, 0.3) is 0 Å². The molecule has 0 saturated heterocycles. The van der Waals surface area contributed by atoms with Crippen LogP contribution >= 0.6 is 0 Å². The fourth-order valence-corrected chi connectivity index (χ4v) is 5.47. The van der Waals surface area contributed by atoms with Gasteiger partial charge in [-0.15, -0.1) is 0 Å². The highest BCUT2D eigenvalue weighted by atomic mass is 14.9. The molecule has 1 heterocycles. The molecule has 108 valence electrons. The normalized spacial score (nSPS) is 38.4. The molecule has 0 aromatic carbocycles. The van der Waals surface area contributed by atoms with Gasteiger partial charge in [0.05, 0.1) is 11.4 Å². The quantitative estimate of drug-likeness (QED) is 0.914. The van der Waals surface area contributed by atoms with Gasteiger partial charge in [0.1, 0.15) is 0 Å². The molecule has 0 radical (unpaired) electrons. The van der Waals surface area contributed by atoms with Crippen molar-refractivity contribution in [2.75, 3.05) is 6.54 Å². The molecule has 0 unspecified atom stereocenters. The molecule has 0 aliphatic heterocycles. The summed E-state index contributed by atoms with van der Waals surface area (Å²) in [6.45, 7) is 4.04. The van der Waals surface area contributed by atoms with E-state index >= 15 is 0 Å². The summed E-state index contributed by atoms with van der Waals surface area (Å²) in [5, 5.41) is 3.68. The van der Waals surface area contributed by atoms with Gasteiger partial charge in [-0.1, -0.05) is 0 Å². The third-order valence-corrected chi connectivity index (χ3v) is 5.81. The first-order chi connectivity index (χ1) is 9.71. The first-order valence-corrected chi connectivity index (χ1v) is 8.19.